The first-order valence-corrected chi connectivity index (χ1v) is 11.1. The second-order valence-electron chi connectivity index (χ2n) is 7.67. The highest BCUT2D eigenvalue weighted by molar-refractivity contribution is 6.14. The molecule has 0 spiro atoms. The zero-order valence-electron chi connectivity index (χ0n) is 18.5. The van der Waals surface area contributed by atoms with E-state index in [-0.39, 0.29) is 11.3 Å². The summed E-state index contributed by atoms with van der Waals surface area (Å²) in [4.78, 5) is 30.3. The Bertz CT molecular complexity index is 1170. The molecule has 3 aromatic rings. The first-order chi connectivity index (χ1) is 15.6. The van der Waals surface area contributed by atoms with E-state index in [1.165, 1.54) is 6.08 Å². The Morgan fingerprint density at radius 1 is 1.03 bits per heavy atom. The highest BCUT2D eigenvalue weighted by Gasteiger charge is 2.22. The predicted molar refractivity (Wildman–Crippen MR) is 129 cm³/mol. The second-order valence-corrected chi connectivity index (χ2v) is 7.67. The number of hydrogen-bond donors (Lipinski definition) is 0. The van der Waals surface area contributed by atoms with Crippen LogP contribution in [0.25, 0.3) is 17.0 Å². The summed E-state index contributed by atoms with van der Waals surface area (Å²) in [6.07, 6.45) is 3.20. The first-order valence-electron chi connectivity index (χ1n) is 11.1. The number of ketones is 1. The summed E-state index contributed by atoms with van der Waals surface area (Å²) in [5.74, 6) is -0.358. The Kier molecular flexibility index (Phi) is 6.71. The van der Waals surface area contributed by atoms with Crippen molar-refractivity contribution in [2.75, 3.05) is 49.2 Å². The lowest BCUT2D eigenvalue weighted by molar-refractivity contribution is 0.104. The summed E-state index contributed by atoms with van der Waals surface area (Å²) >= 11 is 0. The fraction of sp³-hybridized carbons (Fsp3) is 0.308. The number of fused-ring (bicyclic) bond motifs is 1. The summed E-state index contributed by atoms with van der Waals surface area (Å²) in [7, 11) is 0. The quantitative estimate of drug-likeness (QED) is 0.314. The Morgan fingerprint density at radius 2 is 1.72 bits per heavy atom. The van der Waals surface area contributed by atoms with Crippen LogP contribution in [0.5, 0.6) is 0 Å². The molecule has 0 unspecified atom stereocenters. The Labute approximate surface area is 187 Å². The number of para-hydroxylation sites is 1. The minimum atomic E-state index is -0.608. The van der Waals surface area contributed by atoms with Crippen molar-refractivity contribution in [3.8, 4) is 0 Å². The summed E-state index contributed by atoms with van der Waals surface area (Å²) in [5.41, 5.74) is 2.62. The predicted octanol–water partition coefficient (Wildman–Crippen LogP) is 4.37. The van der Waals surface area contributed by atoms with E-state index < -0.39 is 5.63 Å². The Balaban J connectivity index is 1.65. The van der Waals surface area contributed by atoms with E-state index in [0.717, 1.165) is 42.9 Å². The zero-order valence-corrected chi connectivity index (χ0v) is 18.5. The molecular formula is C26H28N2O4. The van der Waals surface area contributed by atoms with Crippen molar-refractivity contribution in [2.45, 2.75) is 13.8 Å². The van der Waals surface area contributed by atoms with Crippen LogP contribution in [0.2, 0.25) is 0 Å². The van der Waals surface area contributed by atoms with E-state index in [0.29, 0.717) is 24.4 Å². The maximum absolute atomic E-state index is 13.2. The normalized spacial score (nSPS) is 14.2. The molecule has 4 rings (SSSR count). The van der Waals surface area contributed by atoms with Crippen LogP contribution < -0.4 is 15.4 Å². The minimum absolute atomic E-state index is 0.0774. The number of ether oxygens (including phenoxy) is 1. The molecule has 1 fully saturated rings. The standard InChI is InChI=1S/C26H28N2O4/c1-3-27(4-2)25-21-7-5-6-8-23(21)32-26(30)24(25)22(29)14-11-19-9-12-20(13-10-19)28-15-17-31-18-16-28/h5-14H,3-4,15-18H2,1-2H3. The van der Waals surface area contributed by atoms with Crippen LogP contribution in [-0.4, -0.2) is 45.2 Å². The third kappa shape index (κ3) is 4.46. The third-order valence-electron chi connectivity index (χ3n) is 5.81. The highest BCUT2D eigenvalue weighted by atomic mass is 16.5. The molecular weight excluding hydrogens is 404 g/mol. The van der Waals surface area contributed by atoms with Gasteiger partial charge in [-0.15, -0.1) is 0 Å². The van der Waals surface area contributed by atoms with Gasteiger partial charge in [0.15, 0.2) is 5.78 Å². The van der Waals surface area contributed by atoms with Gasteiger partial charge in [0.25, 0.3) is 0 Å². The van der Waals surface area contributed by atoms with E-state index in [9.17, 15) is 9.59 Å². The molecule has 6 nitrogen and oxygen atoms in total. The minimum Gasteiger partial charge on any atom is -0.422 e. The third-order valence-corrected chi connectivity index (χ3v) is 5.81. The Morgan fingerprint density at radius 3 is 2.41 bits per heavy atom. The average Bonchev–Trinajstić information content (AvgIpc) is 2.84. The number of rotatable bonds is 7. The van der Waals surface area contributed by atoms with Crippen LogP contribution in [-0.2, 0) is 4.74 Å². The summed E-state index contributed by atoms with van der Waals surface area (Å²) in [6.45, 7) is 8.59. The van der Waals surface area contributed by atoms with Gasteiger partial charge in [0.1, 0.15) is 11.1 Å². The van der Waals surface area contributed by atoms with Gasteiger partial charge in [-0.25, -0.2) is 4.79 Å². The number of carbonyl (C=O) groups excluding carboxylic acids is 1. The average molecular weight is 433 g/mol. The highest BCUT2D eigenvalue weighted by Crippen LogP contribution is 2.29. The molecule has 0 atom stereocenters. The molecule has 0 radical (unpaired) electrons. The second kappa shape index (κ2) is 9.83. The van der Waals surface area contributed by atoms with E-state index in [1.807, 2.05) is 61.2 Å². The molecule has 1 saturated heterocycles. The maximum Gasteiger partial charge on any atom is 0.349 e. The van der Waals surface area contributed by atoms with Crippen LogP contribution in [0, 0.1) is 0 Å². The maximum atomic E-state index is 13.2. The molecule has 2 heterocycles. The van der Waals surface area contributed by atoms with Crippen LogP contribution >= 0.6 is 0 Å². The largest absolute Gasteiger partial charge is 0.422 e. The molecule has 1 aromatic heterocycles. The lowest BCUT2D eigenvalue weighted by Crippen LogP contribution is -2.36. The number of carbonyl (C=O) groups is 1. The van der Waals surface area contributed by atoms with Crippen molar-refractivity contribution < 1.29 is 13.9 Å². The van der Waals surface area contributed by atoms with Crippen LogP contribution in [0.4, 0.5) is 11.4 Å². The van der Waals surface area contributed by atoms with Gasteiger partial charge in [-0.1, -0.05) is 30.3 Å². The molecule has 2 aromatic carbocycles. The van der Waals surface area contributed by atoms with E-state index in [2.05, 4.69) is 4.90 Å². The molecule has 0 saturated carbocycles. The molecule has 32 heavy (non-hydrogen) atoms. The van der Waals surface area contributed by atoms with E-state index in [4.69, 9.17) is 9.15 Å². The van der Waals surface area contributed by atoms with Gasteiger partial charge >= 0.3 is 5.63 Å². The molecule has 1 aliphatic rings. The van der Waals surface area contributed by atoms with Gasteiger partial charge in [0, 0.05) is 37.3 Å². The number of benzene rings is 2. The van der Waals surface area contributed by atoms with Gasteiger partial charge in [0.2, 0.25) is 0 Å². The Hall–Kier alpha value is -3.38. The van der Waals surface area contributed by atoms with Gasteiger partial charge in [-0.2, -0.15) is 0 Å². The van der Waals surface area contributed by atoms with Crippen molar-refractivity contribution in [1.82, 2.24) is 0 Å². The van der Waals surface area contributed by atoms with Gasteiger partial charge < -0.3 is 19.0 Å². The number of morpholine rings is 1. The smallest absolute Gasteiger partial charge is 0.349 e. The number of hydrogen-bond acceptors (Lipinski definition) is 6. The lowest BCUT2D eigenvalue weighted by Gasteiger charge is -2.28. The summed E-state index contributed by atoms with van der Waals surface area (Å²) in [6, 6.07) is 15.4. The topological polar surface area (TPSA) is 63.0 Å². The van der Waals surface area contributed by atoms with Crippen LogP contribution in [0.1, 0.15) is 29.8 Å². The van der Waals surface area contributed by atoms with Crippen LogP contribution in [0.3, 0.4) is 0 Å². The van der Waals surface area contributed by atoms with Crippen molar-refractivity contribution in [3.05, 3.63) is 76.2 Å². The molecule has 1 aliphatic heterocycles. The SMILES string of the molecule is CCN(CC)c1c(C(=O)C=Cc2ccc(N3CCOCC3)cc2)c(=O)oc2ccccc12. The fourth-order valence-electron chi connectivity index (χ4n) is 4.09. The van der Waals surface area contributed by atoms with Gasteiger partial charge in [-0.05, 0) is 49.8 Å². The molecule has 0 aliphatic carbocycles. The van der Waals surface area contributed by atoms with E-state index in [1.54, 1.807) is 12.1 Å². The zero-order chi connectivity index (χ0) is 22.5. The summed E-state index contributed by atoms with van der Waals surface area (Å²) in [5, 5.41) is 0.766. The van der Waals surface area contributed by atoms with Crippen molar-refractivity contribution in [3.63, 3.8) is 0 Å². The number of anilines is 2. The molecule has 166 valence electrons. The fourth-order valence-corrected chi connectivity index (χ4v) is 4.09. The van der Waals surface area contributed by atoms with Crippen LogP contribution in [0.15, 0.2) is 63.8 Å². The number of nitrogens with zero attached hydrogens (tertiary/aromatic N) is 2. The molecule has 0 N–H and O–H groups in total. The molecule has 6 heteroatoms. The van der Waals surface area contributed by atoms with Gasteiger partial charge in [0.05, 0.1) is 18.9 Å². The van der Waals surface area contributed by atoms with Crippen molar-refractivity contribution in [1.29, 1.82) is 0 Å². The lowest BCUT2D eigenvalue weighted by atomic mass is 10.0. The number of allylic oxidation sites excluding steroid dienone is 1. The van der Waals surface area contributed by atoms with Gasteiger partial charge in [-0.3, -0.25) is 4.79 Å². The van der Waals surface area contributed by atoms with Crippen molar-refractivity contribution >= 4 is 34.2 Å². The van der Waals surface area contributed by atoms with Crippen molar-refractivity contribution in [2.24, 2.45) is 0 Å². The first kappa shape index (κ1) is 21.8. The summed E-state index contributed by atoms with van der Waals surface area (Å²) < 4.78 is 10.9. The molecule has 0 bridgehead atoms. The van der Waals surface area contributed by atoms with E-state index >= 15 is 0 Å². The molecule has 0 amide bonds. The monoisotopic (exact) mass is 432 g/mol.